The van der Waals surface area contributed by atoms with E-state index in [0.717, 1.165) is 27.6 Å². The van der Waals surface area contributed by atoms with Crippen molar-refractivity contribution in [3.8, 4) is 11.5 Å². The fourth-order valence-corrected chi connectivity index (χ4v) is 3.43. The Kier molecular flexibility index (Phi) is 4.55. The molecule has 4 rings (SSSR count). The number of hydrogen-bond donors (Lipinski definition) is 1. The maximum absolute atomic E-state index is 12.6. The lowest BCUT2D eigenvalue weighted by Crippen LogP contribution is -2.30. The summed E-state index contributed by atoms with van der Waals surface area (Å²) in [7, 11) is 0. The number of ether oxygens (including phenoxy) is 2. The summed E-state index contributed by atoms with van der Waals surface area (Å²) < 4.78 is 10.7. The van der Waals surface area contributed by atoms with Crippen LogP contribution in [0.4, 0.5) is 0 Å². The van der Waals surface area contributed by atoms with Crippen LogP contribution >= 0.6 is 0 Å². The van der Waals surface area contributed by atoms with Crippen molar-refractivity contribution in [1.29, 1.82) is 0 Å². The summed E-state index contributed by atoms with van der Waals surface area (Å²) in [5.74, 6) is 1.28. The first-order valence-corrected chi connectivity index (χ1v) is 9.18. The van der Waals surface area contributed by atoms with Gasteiger partial charge in [0.15, 0.2) is 11.5 Å². The number of nitrogens with one attached hydrogen (secondary N) is 1. The molecule has 0 spiro atoms. The van der Waals surface area contributed by atoms with Crippen molar-refractivity contribution in [2.75, 3.05) is 6.79 Å². The average Bonchev–Trinajstić information content (AvgIpc) is 3.13. The highest BCUT2D eigenvalue weighted by atomic mass is 16.7. The minimum atomic E-state index is -0.168. The van der Waals surface area contributed by atoms with Crippen LogP contribution in [-0.2, 0) is 17.9 Å². The number of carbonyl (C=O) groups is 1. The number of aromatic nitrogens is 1. The Morgan fingerprint density at radius 1 is 1.07 bits per heavy atom. The Morgan fingerprint density at radius 3 is 2.64 bits per heavy atom. The van der Waals surface area contributed by atoms with E-state index in [1.54, 1.807) is 4.90 Å². The van der Waals surface area contributed by atoms with Gasteiger partial charge in [0.1, 0.15) is 0 Å². The number of fused-ring (bicyclic) bond motifs is 2. The predicted octanol–water partition coefficient (Wildman–Crippen LogP) is 3.42. The van der Waals surface area contributed by atoms with Crippen molar-refractivity contribution in [2.24, 2.45) is 0 Å². The second-order valence-electron chi connectivity index (χ2n) is 7.16. The van der Waals surface area contributed by atoms with Gasteiger partial charge in [-0.1, -0.05) is 18.2 Å². The van der Waals surface area contributed by atoms with Crippen molar-refractivity contribution >= 4 is 16.8 Å². The summed E-state index contributed by atoms with van der Waals surface area (Å²) in [5, 5.41) is 0.962. The molecular weight excluding hydrogens is 356 g/mol. The van der Waals surface area contributed by atoms with E-state index in [2.05, 4.69) is 4.98 Å². The van der Waals surface area contributed by atoms with Crippen molar-refractivity contribution in [3.05, 3.63) is 69.0 Å². The van der Waals surface area contributed by atoms with Gasteiger partial charge in [0.25, 0.3) is 5.56 Å². The van der Waals surface area contributed by atoms with E-state index in [1.807, 2.05) is 50.2 Å². The molecule has 1 N–H and O–H groups in total. The molecule has 1 aliphatic rings. The zero-order valence-electron chi connectivity index (χ0n) is 16.2. The van der Waals surface area contributed by atoms with Crippen molar-refractivity contribution in [1.82, 2.24) is 9.88 Å². The van der Waals surface area contributed by atoms with E-state index < -0.39 is 0 Å². The molecule has 1 amide bonds. The fraction of sp³-hybridized carbons (Fsp3) is 0.273. The van der Waals surface area contributed by atoms with Gasteiger partial charge in [-0.05, 0) is 54.1 Å². The first-order chi connectivity index (χ1) is 13.4. The van der Waals surface area contributed by atoms with E-state index in [4.69, 9.17) is 9.47 Å². The number of hydrogen-bond acceptors (Lipinski definition) is 4. The molecule has 0 fully saturated rings. The molecule has 0 unspecified atom stereocenters. The van der Waals surface area contributed by atoms with E-state index in [9.17, 15) is 9.59 Å². The van der Waals surface area contributed by atoms with E-state index in [0.29, 0.717) is 23.6 Å². The molecule has 0 aliphatic carbocycles. The van der Waals surface area contributed by atoms with Crippen LogP contribution in [0.2, 0.25) is 0 Å². The number of carbonyl (C=O) groups excluding carboxylic acids is 1. The zero-order valence-corrected chi connectivity index (χ0v) is 16.2. The third-order valence-corrected chi connectivity index (χ3v) is 5.24. The summed E-state index contributed by atoms with van der Waals surface area (Å²) >= 11 is 0. The molecule has 0 radical (unpaired) electrons. The number of pyridine rings is 1. The topological polar surface area (TPSA) is 71.6 Å². The monoisotopic (exact) mass is 378 g/mol. The SMILES string of the molecule is CC(=O)N(Cc1ccc2c(c1)OCO2)Cc1cc2ccc(C)c(C)c2[nH]c1=O. The number of benzene rings is 2. The van der Waals surface area contributed by atoms with Crippen LogP contribution in [0.25, 0.3) is 10.9 Å². The second kappa shape index (κ2) is 7.03. The summed E-state index contributed by atoms with van der Waals surface area (Å²) in [4.78, 5) is 29.5. The molecule has 6 heteroatoms. The van der Waals surface area contributed by atoms with Crippen LogP contribution in [0.15, 0.2) is 41.2 Å². The lowest BCUT2D eigenvalue weighted by Gasteiger charge is -2.21. The molecule has 144 valence electrons. The molecular formula is C22H22N2O4. The number of aromatic amines is 1. The lowest BCUT2D eigenvalue weighted by molar-refractivity contribution is -0.130. The van der Waals surface area contributed by atoms with Crippen LogP contribution in [0.3, 0.4) is 0 Å². The largest absolute Gasteiger partial charge is 0.454 e. The molecule has 1 aromatic heterocycles. The normalized spacial score (nSPS) is 12.4. The van der Waals surface area contributed by atoms with Gasteiger partial charge in [-0.25, -0.2) is 0 Å². The van der Waals surface area contributed by atoms with Gasteiger partial charge in [-0.3, -0.25) is 9.59 Å². The van der Waals surface area contributed by atoms with Crippen molar-refractivity contribution in [3.63, 3.8) is 0 Å². The molecule has 0 saturated carbocycles. The maximum atomic E-state index is 12.6. The third kappa shape index (κ3) is 3.33. The van der Waals surface area contributed by atoms with E-state index in [1.165, 1.54) is 6.92 Å². The van der Waals surface area contributed by atoms with Gasteiger partial charge >= 0.3 is 0 Å². The maximum Gasteiger partial charge on any atom is 0.253 e. The van der Waals surface area contributed by atoms with Crippen molar-refractivity contribution < 1.29 is 14.3 Å². The standard InChI is InChI=1S/C22H22N2O4/c1-13-4-6-17-9-18(22(26)23-21(17)14(13)2)11-24(15(3)25)10-16-5-7-19-20(8-16)28-12-27-19/h4-9H,10-12H2,1-3H3,(H,23,26). The van der Waals surface area contributed by atoms with Gasteiger partial charge in [0.05, 0.1) is 12.1 Å². The smallest absolute Gasteiger partial charge is 0.253 e. The number of aryl methyl sites for hydroxylation is 2. The minimum absolute atomic E-state index is 0.0998. The average molecular weight is 378 g/mol. The quantitative estimate of drug-likeness (QED) is 0.755. The predicted molar refractivity (Wildman–Crippen MR) is 107 cm³/mol. The molecule has 2 heterocycles. The number of rotatable bonds is 4. The highest BCUT2D eigenvalue weighted by Gasteiger charge is 2.17. The van der Waals surface area contributed by atoms with Crippen LogP contribution < -0.4 is 15.0 Å². The molecule has 28 heavy (non-hydrogen) atoms. The Labute approximate surface area is 162 Å². The van der Waals surface area contributed by atoms with Gasteiger partial charge in [-0.2, -0.15) is 0 Å². The van der Waals surface area contributed by atoms with Crippen LogP contribution in [0, 0.1) is 13.8 Å². The molecule has 6 nitrogen and oxygen atoms in total. The van der Waals surface area contributed by atoms with Crippen LogP contribution in [-0.4, -0.2) is 22.6 Å². The molecule has 0 atom stereocenters. The highest BCUT2D eigenvalue weighted by Crippen LogP contribution is 2.33. The van der Waals surface area contributed by atoms with E-state index >= 15 is 0 Å². The summed E-state index contributed by atoms with van der Waals surface area (Å²) in [6, 6.07) is 11.5. The van der Waals surface area contributed by atoms with Crippen LogP contribution in [0.1, 0.15) is 29.2 Å². The summed E-state index contributed by atoms with van der Waals surface area (Å²) in [6.45, 7) is 6.35. The first kappa shape index (κ1) is 18.1. The molecule has 1 aliphatic heterocycles. The molecule has 3 aromatic rings. The number of amides is 1. The number of nitrogens with zero attached hydrogens (tertiary/aromatic N) is 1. The Balaban J connectivity index is 1.63. The Hall–Kier alpha value is -3.28. The molecule has 2 aromatic carbocycles. The lowest BCUT2D eigenvalue weighted by atomic mass is 10.0. The third-order valence-electron chi connectivity index (χ3n) is 5.24. The van der Waals surface area contributed by atoms with E-state index in [-0.39, 0.29) is 24.8 Å². The first-order valence-electron chi connectivity index (χ1n) is 9.18. The highest BCUT2D eigenvalue weighted by molar-refractivity contribution is 5.83. The Bertz CT molecular complexity index is 1130. The van der Waals surface area contributed by atoms with Gasteiger partial charge < -0.3 is 19.4 Å². The zero-order chi connectivity index (χ0) is 19.8. The fourth-order valence-electron chi connectivity index (χ4n) is 3.43. The molecule has 0 saturated heterocycles. The second-order valence-corrected chi connectivity index (χ2v) is 7.16. The molecule has 0 bridgehead atoms. The Morgan fingerprint density at radius 2 is 1.86 bits per heavy atom. The summed E-state index contributed by atoms with van der Waals surface area (Å²) in [5.41, 5.74) is 4.35. The van der Waals surface area contributed by atoms with Gasteiger partial charge in [0.2, 0.25) is 12.7 Å². The van der Waals surface area contributed by atoms with Crippen LogP contribution in [0.5, 0.6) is 11.5 Å². The minimum Gasteiger partial charge on any atom is -0.454 e. The van der Waals surface area contributed by atoms with Crippen molar-refractivity contribution in [2.45, 2.75) is 33.9 Å². The number of H-pyrrole nitrogens is 1. The van der Waals surface area contributed by atoms with Gasteiger partial charge in [-0.15, -0.1) is 0 Å². The van der Waals surface area contributed by atoms with Gasteiger partial charge in [0, 0.05) is 19.0 Å². The summed E-state index contributed by atoms with van der Waals surface area (Å²) in [6.07, 6.45) is 0.